The Morgan fingerprint density at radius 2 is 1.74 bits per heavy atom. The number of hydrogen-bond acceptors (Lipinski definition) is 1. The molecule has 0 radical (unpaired) electrons. The highest BCUT2D eigenvalue weighted by Crippen LogP contribution is 2.22. The molecule has 1 heterocycles. The molecule has 2 nitrogen and oxygen atoms in total. The third-order valence-corrected chi connectivity index (χ3v) is 4.37. The highest BCUT2D eigenvalue weighted by atomic mass is 16.5. The normalized spacial score (nSPS) is 27.3. The van der Waals surface area contributed by atoms with Crippen LogP contribution in [0.4, 0.5) is 0 Å². The third-order valence-electron chi connectivity index (χ3n) is 4.37. The SMILES string of the molecule is COc1cc(C)c(C[NH+]2C[C@H](C)C[C@@H](C)C2)cc1C. The van der Waals surface area contributed by atoms with Gasteiger partial charge in [0.1, 0.15) is 12.3 Å². The van der Waals surface area contributed by atoms with Gasteiger partial charge in [-0.3, -0.25) is 0 Å². The van der Waals surface area contributed by atoms with E-state index >= 15 is 0 Å². The number of benzene rings is 1. The maximum absolute atomic E-state index is 5.40. The first-order valence-electron chi connectivity index (χ1n) is 7.47. The molecule has 0 saturated carbocycles. The molecular formula is C17H28NO+. The predicted octanol–water partition coefficient (Wildman–Crippen LogP) is 2.37. The number of nitrogens with one attached hydrogen (secondary N) is 1. The second-order valence-corrected chi connectivity index (χ2v) is 6.53. The van der Waals surface area contributed by atoms with E-state index in [1.807, 2.05) is 0 Å². The lowest BCUT2D eigenvalue weighted by Gasteiger charge is -2.32. The molecule has 1 aliphatic heterocycles. The number of quaternary nitrogens is 1. The summed E-state index contributed by atoms with van der Waals surface area (Å²) in [5, 5.41) is 0. The minimum absolute atomic E-state index is 0.860. The molecule has 1 saturated heterocycles. The van der Waals surface area contributed by atoms with Gasteiger partial charge in [0, 0.05) is 17.4 Å². The van der Waals surface area contributed by atoms with Gasteiger partial charge in [0.25, 0.3) is 0 Å². The number of methoxy groups -OCH3 is 1. The molecule has 2 atom stereocenters. The minimum atomic E-state index is 0.860. The second kappa shape index (κ2) is 5.96. The van der Waals surface area contributed by atoms with Crippen molar-refractivity contribution in [2.75, 3.05) is 20.2 Å². The largest absolute Gasteiger partial charge is 0.496 e. The first kappa shape index (κ1) is 14.4. The Hall–Kier alpha value is -1.02. The molecular weight excluding hydrogens is 234 g/mol. The van der Waals surface area contributed by atoms with E-state index in [0.29, 0.717) is 0 Å². The Morgan fingerprint density at radius 1 is 1.11 bits per heavy atom. The zero-order valence-electron chi connectivity index (χ0n) is 13.0. The highest BCUT2D eigenvalue weighted by Gasteiger charge is 2.25. The van der Waals surface area contributed by atoms with Crippen LogP contribution in [0.25, 0.3) is 0 Å². The van der Waals surface area contributed by atoms with Crippen molar-refractivity contribution in [3.05, 3.63) is 28.8 Å². The molecule has 1 aliphatic rings. The molecule has 2 rings (SSSR count). The first-order valence-corrected chi connectivity index (χ1v) is 7.47. The highest BCUT2D eigenvalue weighted by molar-refractivity contribution is 5.41. The average molecular weight is 262 g/mol. The van der Waals surface area contributed by atoms with Crippen LogP contribution in [0.3, 0.4) is 0 Å². The van der Waals surface area contributed by atoms with Crippen molar-refractivity contribution in [1.29, 1.82) is 0 Å². The van der Waals surface area contributed by atoms with Gasteiger partial charge in [0.2, 0.25) is 0 Å². The van der Waals surface area contributed by atoms with E-state index in [9.17, 15) is 0 Å². The van der Waals surface area contributed by atoms with Crippen LogP contribution in [0.1, 0.15) is 37.0 Å². The standard InChI is InChI=1S/C17H27NO/c1-12-6-13(2)10-18(9-12)11-16-7-15(4)17(19-5)8-14(16)3/h7-8,12-13H,6,9-11H2,1-5H3/p+1/t12-,13-/m1/s1. The summed E-state index contributed by atoms with van der Waals surface area (Å²) in [7, 11) is 1.75. The van der Waals surface area contributed by atoms with Crippen LogP contribution in [0.2, 0.25) is 0 Å². The monoisotopic (exact) mass is 262 g/mol. The fourth-order valence-corrected chi connectivity index (χ4v) is 3.60. The Labute approximate surface area is 117 Å². The molecule has 0 aliphatic carbocycles. The summed E-state index contributed by atoms with van der Waals surface area (Å²) in [6, 6.07) is 4.49. The van der Waals surface area contributed by atoms with E-state index < -0.39 is 0 Å². The van der Waals surface area contributed by atoms with Crippen LogP contribution >= 0.6 is 0 Å². The first-order chi connectivity index (χ1) is 8.99. The molecule has 19 heavy (non-hydrogen) atoms. The van der Waals surface area contributed by atoms with E-state index in [0.717, 1.165) is 24.1 Å². The lowest BCUT2D eigenvalue weighted by Crippen LogP contribution is -3.13. The Kier molecular flexibility index (Phi) is 4.51. The van der Waals surface area contributed by atoms with Crippen LogP contribution in [0.5, 0.6) is 5.75 Å². The van der Waals surface area contributed by atoms with E-state index in [-0.39, 0.29) is 0 Å². The number of ether oxygens (including phenoxy) is 1. The summed E-state index contributed by atoms with van der Waals surface area (Å²) in [5.41, 5.74) is 4.09. The third kappa shape index (κ3) is 3.50. The number of aryl methyl sites for hydroxylation is 2. The average Bonchev–Trinajstić information content (AvgIpc) is 2.32. The maximum atomic E-state index is 5.40. The van der Waals surface area contributed by atoms with Gasteiger partial charge in [-0.15, -0.1) is 0 Å². The number of hydrogen-bond donors (Lipinski definition) is 1. The van der Waals surface area contributed by atoms with Crippen molar-refractivity contribution >= 4 is 0 Å². The number of likely N-dealkylation sites (tertiary alicyclic amines) is 1. The van der Waals surface area contributed by atoms with Crippen molar-refractivity contribution < 1.29 is 9.64 Å². The molecule has 0 aromatic heterocycles. The van der Waals surface area contributed by atoms with Crippen molar-refractivity contribution in [1.82, 2.24) is 0 Å². The van der Waals surface area contributed by atoms with E-state index in [4.69, 9.17) is 4.74 Å². The molecule has 1 aromatic rings. The van der Waals surface area contributed by atoms with Crippen molar-refractivity contribution in [2.24, 2.45) is 11.8 Å². The molecule has 1 fully saturated rings. The zero-order valence-corrected chi connectivity index (χ0v) is 13.0. The number of rotatable bonds is 3. The fourth-order valence-electron chi connectivity index (χ4n) is 3.60. The summed E-state index contributed by atoms with van der Waals surface area (Å²) in [6.07, 6.45) is 1.39. The van der Waals surface area contributed by atoms with Gasteiger partial charge in [0.15, 0.2) is 0 Å². The van der Waals surface area contributed by atoms with Crippen LogP contribution in [0, 0.1) is 25.7 Å². The molecule has 2 heteroatoms. The molecule has 0 unspecified atom stereocenters. The summed E-state index contributed by atoms with van der Waals surface area (Å²) in [4.78, 5) is 1.74. The maximum Gasteiger partial charge on any atom is 0.122 e. The smallest absolute Gasteiger partial charge is 0.122 e. The Bertz CT molecular complexity index is 431. The molecule has 0 spiro atoms. The quantitative estimate of drug-likeness (QED) is 0.883. The minimum Gasteiger partial charge on any atom is -0.496 e. The molecule has 106 valence electrons. The lowest BCUT2D eigenvalue weighted by molar-refractivity contribution is -0.925. The van der Waals surface area contributed by atoms with Gasteiger partial charge in [-0.05, 0) is 43.5 Å². The predicted molar refractivity (Wildman–Crippen MR) is 79.8 cm³/mol. The van der Waals surface area contributed by atoms with E-state index in [2.05, 4.69) is 39.8 Å². The van der Waals surface area contributed by atoms with Crippen LogP contribution in [0.15, 0.2) is 12.1 Å². The van der Waals surface area contributed by atoms with E-state index in [1.54, 1.807) is 12.0 Å². The number of piperidine rings is 1. The van der Waals surface area contributed by atoms with Crippen molar-refractivity contribution in [3.63, 3.8) is 0 Å². The molecule has 1 N–H and O–H groups in total. The van der Waals surface area contributed by atoms with Gasteiger partial charge in [-0.2, -0.15) is 0 Å². The second-order valence-electron chi connectivity index (χ2n) is 6.53. The Balaban J connectivity index is 2.12. The fraction of sp³-hybridized carbons (Fsp3) is 0.647. The van der Waals surface area contributed by atoms with E-state index in [1.165, 1.54) is 36.2 Å². The molecule has 0 amide bonds. The summed E-state index contributed by atoms with van der Waals surface area (Å²) in [5.74, 6) is 2.73. The topological polar surface area (TPSA) is 13.7 Å². The summed E-state index contributed by atoms with van der Waals surface area (Å²) in [6.45, 7) is 12.9. The molecule has 1 aromatic carbocycles. The van der Waals surface area contributed by atoms with Gasteiger partial charge < -0.3 is 9.64 Å². The van der Waals surface area contributed by atoms with Crippen LogP contribution in [-0.2, 0) is 6.54 Å². The van der Waals surface area contributed by atoms with Crippen LogP contribution < -0.4 is 9.64 Å². The van der Waals surface area contributed by atoms with Crippen LogP contribution in [-0.4, -0.2) is 20.2 Å². The van der Waals surface area contributed by atoms with Gasteiger partial charge in [0.05, 0.1) is 20.2 Å². The van der Waals surface area contributed by atoms with Crippen molar-refractivity contribution in [3.8, 4) is 5.75 Å². The summed E-state index contributed by atoms with van der Waals surface area (Å²) >= 11 is 0. The van der Waals surface area contributed by atoms with Gasteiger partial charge in [-0.25, -0.2) is 0 Å². The Morgan fingerprint density at radius 3 is 2.32 bits per heavy atom. The van der Waals surface area contributed by atoms with Gasteiger partial charge >= 0.3 is 0 Å². The lowest BCUT2D eigenvalue weighted by atomic mass is 9.91. The summed E-state index contributed by atoms with van der Waals surface area (Å²) < 4.78 is 5.40. The van der Waals surface area contributed by atoms with Crippen molar-refractivity contribution in [2.45, 2.75) is 40.7 Å². The molecule has 0 bridgehead atoms. The van der Waals surface area contributed by atoms with Gasteiger partial charge in [-0.1, -0.05) is 13.8 Å². The zero-order chi connectivity index (χ0) is 14.0.